The number of hydrogen-bond acceptors (Lipinski definition) is 10. The summed E-state index contributed by atoms with van der Waals surface area (Å²) in [4.78, 5) is 57.8. The Hall–Kier alpha value is -12.3. The van der Waals surface area contributed by atoms with Gasteiger partial charge in [0.1, 0.15) is 0 Å². The van der Waals surface area contributed by atoms with Gasteiger partial charge in [0.25, 0.3) is 0 Å². The molecule has 0 radical (unpaired) electrons. The molecule has 0 amide bonds. The van der Waals surface area contributed by atoms with Crippen LogP contribution >= 0.6 is 0 Å². The molecule has 14 nitrogen and oxygen atoms in total. The van der Waals surface area contributed by atoms with Crippen LogP contribution in [0.15, 0.2) is 287 Å². The van der Waals surface area contributed by atoms with Gasteiger partial charge in [-0.1, -0.05) is 233 Å². The minimum absolute atomic E-state index is 0. The molecule has 11 aromatic heterocycles. The number of aliphatic imine (C=N–C) groups is 3. The number of aromatic nitrogens is 11. The molecule has 0 aliphatic carbocycles. The predicted molar refractivity (Wildman–Crippen MR) is 513 cm³/mol. The van der Waals surface area contributed by atoms with Crippen LogP contribution in [-0.4, -0.2) is 61.2 Å². The number of nitrogens with zero attached hydrogens (tertiary/aromatic N) is 14. The maximum atomic E-state index is 14.0. The van der Waals surface area contributed by atoms with Gasteiger partial charge in [-0.3, -0.25) is 57.5 Å². The van der Waals surface area contributed by atoms with E-state index in [9.17, 15) is 17.6 Å². The van der Waals surface area contributed by atoms with E-state index < -0.39 is 23.3 Å². The number of fused-ring (bicyclic) bond motifs is 4. The molecule has 2 unspecified atom stereocenters. The van der Waals surface area contributed by atoms with Gasteiger partial charge in [0.05, 0.1) is 45.6 Å². The minimum atomic E-state index is -0.753. The molecule has 3 aliphatic rings. The van der Waals surface area contributed by atoms with Crippen LogP contribution in [0.1, 0.15) is 170 Å². The number of para-hydroxylation sites is 4. The van der Waals surface area contributed by atoms with Gasteiger partial charge in [0, 0.05) is 147 Å². The Labute approximate surface area is 836 Å². The number of allylic oxidation sites excluding steroid dienone is 2. The van der Waals surface area contributed by atoms with Gasteiger partial charge >= 0.3 is 63.2 Å². The number of aryl methyl sites for hydroxylation is 2. The molecule has 3 aliphatic heterocycles. The minimum Gasteiger partial charge on any atom is -0.657 e. The topological polar surface area (TPSA) is 165 Å². The number of rotatable bonds is 19. The van der Waals surface area contributed by atoms with Crippen molar-refractivity contribution in [3.8, 4) is 45.3 Å². The number of benzene rings is 6. The van der Waals surface area contributed by atoms with E-state index in [2.05, 4.69) is 276 Å². The zero-order chi connectivity index (χ0) is 90.2. The second kappa shape index (κ2) is 44.7. The second-order valence-electron chi connectivity index (χ2n) is 32.5. The molecule has 0 saturated heterocycles. The number of pyridine rings is 7. The van der Waals surface area contributed by atoms with Crippen LogP contribution in [0.4, 0.5) is 28.9 Å². The summed E-state index contributed by atoms with van der Waals surface area (Å²) < 4.78 is 58.5. The molecule has 6 aromatic carbocycles. The summed E-state index contributed by atoms with van der Waals surface area (Å²) in [6.07, 6.45) is 13.7. The van der Waals surface area contributed by atoms with Crippen LogP contribution in [0.5, 0.6) is 0 Å². The van der Waals surface area contributed by atoms with Crippen molar-refractivity contribution in [1.82, 2.24) is 54.0 Å². The summed E-state index contributed by atoms with van der Waals surface area (Å²) in [6.45, 7) is 19.6. The normalized spacial score (nSPS) is 14.0. The summed E-state index contributed by atoms with van der Waals surface area (Å²) in [6, 6.07) is 89.8. The molecular formula is C112H94F4N14Pt4. The summed E-state index contributed by atoms with van der Waals surface area (Å²) >= 11 is 0. The molecular weight excluding hydrogens is 2400 g/mol. The van der Waals surface area contributed by atoms with Gasteiger partial charge in [-0.05, 0) is 175 Å². The van der Waals surface area contributed by atoms with E-state index in [1.807, 2.05) is 60.8 Å². The van der Waals surface area contributed by atoms with E-state index in [4.69, 9.17) is 44.9 Å². The fraction of sp³-hybridized carbons (Fsp3) is 0.179. The summed E-state index contributed by atoms with van der Waals surface area (Å²) in [7, 11) is 4.13. The molecule has 0 N–H and O–H groups in total. The van der Waals surface area contributed by atoms with E-state index in [-0.39, 0.29) is 107 Å². The monoisotopic (exact) mass is 2490 g/mol. The third-order valence-electron chi connectivity index (χ3n) is 24.1. The first kappa shape index (κ1) is 99.2. The largest absolute Gasteiger partial charge is 2.00 e. The second-order valence-corrected chi connectivity index (χ2v) is 32.5. The number of hydrogen-bond donors (Lipinski definition) is 0. The SMILES string of the molecule is CC1C(c2cccc(Cc3cccc(C4=Nc5ccccc5C4C)n3)n2)=Nc2ccccc21.CCc1c(C=C2N=C(C)C(C)=C2C)[n-]c(C=c2[n-]c(=Cc3ccccn3)c(CC)c2CC)c1CC.Cn1c(-c2cccc(Cc3cccc(-c4[c-]c5ccccc5n4C)n3)n2)[c-]c2ccccc21.Fc1c[c-]c(-c2cccc(Cc3cccc(-c4[c-]cc(F)cc4F)n3)n2)c(F)c1.[Pt+2].[Pt+2].[Pt+2].[Pt]. The van der Waals surface area contributed by atoms with Gasteiger partial charge < -0.3 is 29.1 Å². The smallest absolute Gasteiger partial charge is 0.657 e. The predicted octanol–water partition coefficient (Wildman–Crippen LogP) is 23.1. The van der Waals surface area contributed by atoms with Crippen molar-refractivity contribution in [2.45, 2.75) is 119 Å². The van der Waals surface area contributed by atoms with Crippen molar-refractivity contribution in [2.75, 3.05) is 0 Å². The summed E-state index contributed by atoms with van der Waals surface area (Å²) in [5, 5.41) is 4.25. The summed E-state index contributed by atoms with van der Waals surface area (Å²) in [5.74, 6) is -2.45. The molecule has 0 bridgehead atoms. The van der Waals surface area contributed by atoms with Crippen LogP contribution in [0.25, 0.3) is 85.3 Å². The molecule has 0 spiro atoms. The molecule has 22 heteroatoms. The van der Waals surface area contributed by atoms with Crippen LogP contribution < -0.4 is 20.7 Å². The van der Waals surface area contributed by atoms with E-state index in [0.29, 0.717) is 42.0 Å². The average molecular weight is 2490 g/mol. The van der Waals surface area contributed by atoms with Crippen LogP contribution in [0.2, 0.25) is 0 Å². The average Bonchev–Trinajstić information content (AvgIpc) is 1.64. The van der Waals surface area contributed by atoms with Crippen molar-refractivity contribution in [2.24, 2.45) is 29.1 Å². The van der Waals surface area contributed by atoms with E-state index in [1.165, 1.54) is 44.5 Å². The quantitative estimate of drug-likeness (QED) is 0.0566. The Kier molecular flexibility index (Phi) is 33.1. The van der Waals surface area contributed by atoms with Gasteiger partial charge in [0.2, 0.25) is 0 Å². The van der Waals surface area contributed by atoms with Gasteiger partial charge in [0.15, 0.2) is 0 Å². The van der Waals surface area contributed by atoms with E-state index in [1.54, 1.807) is 36.4 Å². The third-order valence-corrected chi connectivity index (χ3v) is 24.1. The van der Waals surface area contributed by atoms with Crippen molar-refractivity contribution in [3.63, 3.8) is 0 Å². The zero-order valence-electron chi connectivity index (χ0n) is 75.6. The maximum Gasteiger partial charge on any atom is 2.00 e. The fourth-order valence-electron chi connectivity index (χ4n) is 17.2. The van der Waals surface area contributed by atoms with Crippen LogP contribution in [0.3, 0.4) is 0 Å². The zero-order valence-corrected chi connectivity index (χ0v) is 84.7. The Morgan fingerprint density at radius 1 is 0.388 bits per heavy atom. The van der Waals surface area contributed by atoms with Crippen molar-refractivity contribution in [3.05, 3.63) is 426 Å². The van der Waals surface area contributed by atoms with Crippen LogP contribution in [-0.2, 0) is 143 Å². The molecule has 0 fully saturated rings. The first-order valence-corrected chi connectivity index (χ1v) is 44.0. The van der Waals surface area contributed by atoms with E-state index >= 15 is 0 Å². The van der Waals surface area contributed by atoms with Gasteiger partial charge in [-0.15, -0.1) is 93.5 Å². The molecule has 17 aromatic rings. The standard InChI is InChI=1S/C31H36N4.C29H24N4.C29H22N4.C23H12F4N2.4Pt/c1-8-23-24(9-2)30(34-28(23)16-22-14-12-13-15-32-22)18-31-26(11-4)25(10-3)29(35-31)17-27-20(6)19(5)21(7)33-27;1-18-22-11-3-5-13-24(22)32-28(18)26-15-7-9-20(30-26)17-21-10-8-16-27(31-21)29-19(2)23-12-4-6-14-25(23)33-29;1-32-26-15-5-3-9-20(26)17-28(32)24-13-7-11-22(30-24)19-23-12-8-14-25(31-23)29-18-21-10-4-6-16-27(21)33(29)2;24-14-7-9-18(20(26)11-14)22-5-1-3-16(28-22)13-17-4-2-6-23(29-17)19-10-8-15(25)12-21(19)27;;;;/h12-18H,8-11H2,1-7H3;3-16,18-19H,17H2,1-2H3;3-16H,19H2,1-2H3;1-8,11-12H,13H2;;;;/q-2;;2*-2;;3*+2. The van der Waals surface area contributed by atoms with Gasteiger partial charge in [-0.2, -0.15) is 0 Å². The molecule has 20 rings (SSSR count). The van der Waals surface area contributed by atoms with Crippen LogP contribution in [0, 0.1) is 47.5 Å². The first-order valence-electron chi connectivity index (χ1n) is 44.0. The maximum absolute atomic E-state index is 14.0. The molecule has 14 heterocycles. The summed E-state index contributed by atoms with van der Waals surface area (Å²) in [5.41, 5.74) is 33.5. The molecule has 2 atom stereocenters. The Morgan fingerprint density at radius 2 is 0.761 bits per heavy atom. The molecule has 134 heavy (non-hydrogen) atoms. The Morgan fingerprint density at radius 3 is 1.15 bits per heavy atom. The number of halogens is 4. The molecule has 680 valence electrons. The Balaban J connectivity index is 0.000000150. The van der Waals surface area contributed by atoms with Crippen molar-refractivity contribution >= 4 is 68.5 Å². The van der Waals surface area contributed by atoms with E-state index in [0.717, 1.165) is 191 Å². The Bertz CT molecular complexity index is 7140. The van der Waals surface area contributed by atoms with Gasteiger partial charge in [-0.25, -0.2) is 0 Å². The fourth-order valence-corrected chi connectivity index (χ4v) is 17.2. The first-order chi connectivity index (χ1) is 63.2. The molecule has 0 saturated carbocycles. The van der Waals surface area contributed by atoms with Crippen molar-refractivity contribution < 1.29 is 102 Å². The van der Waals surface area contributed by atoms with Crippen molar-refractivity contribution in [1.29, 1.82) is 0 Å². The third kappa shape index (κ3) is 21.9.